The van der Waals surface area contributed by atoms with Gasteiger partial charge in [0, 0.05) is 32.1 Å². The van der Waals surface area contributed by atoms with Gasteiger partial charge >= 0.3 is 23.9 Å². The maximum Gasteiger partial charge on any atom is 0.333 e. The quantitative estimate of drug-likeness (QED) is 0.108. The molecule has 5 amide bonds. The highest BCUT2D eigenvalue weighted by Crippen LogP contribution is 2.14. The van der Waals surface area contributed by atoms with Crippen molar-refractivity contribution in [3.8, 4) is 0 Å². The van der Waals surface area contributed by atoms with Crippen molar-refractivity contribution in [3.05, 3.63) is 0 Å². The molecule has 2 rings (SSSR count). The third kappa shape index (κ3) is 12.5. The standard InChI is InChI=1S/C26H36N4O13/c31-18(27-16(25(38)39)9-13-23(36)42-29-15-5-8-20(29)33)6-3-1-2-4-7-19(32)28-17(26(40)41)10-14-24(37)43-30-21(34)11-12-22(30)35/h16-17H,1-15H2,(H,27,31)(H,28,32)(H,38,39)(H,40,41)/t16-,17-/m0/s1. The van der Waals surface area contributed by atoms with Gasteiger partial charge in [-0.05, 0) is 32.1 Å². The van der Waals surface area contributed by atoms with E-state index in [2.05, 4.69) is 15.5 Å². The maximum atomic E-state index is 12.2. The average Bonchev–Trinajstić information content (AvgIpc) is 3.49. The minimum Gasteiger partial charge on any atom is -0.480 e. The van der Waals surface area contributed by atoms with Crippen molar-refractivity contribution < 1.29 is 63.0 Å². The summed E-state index contributed by atoms with van der Waals surface area (Å²) in [4.78, 5) is 115. The van der Waals surface area contributed by atoms with E-state index < -0.39 is 66.0 Å². The average molecular weight is 613 g/mol. The van der Waals surface area contributed by atoms with E-state index in [1.54, 1.807) is 0 Å². The van der Waals surface area contributed by atoms with Crippen LogP contribution in [0.3, 0.4) is 0 Å². The fourth-order valence-corrected chi connectivity index (χ4v) is 4.19. The molecule has 2 heterocycles. The van der Waals surface area contributed by atoms with E-state index in [0.29, 0.717) is 37.2 Å². The molecule has 0 aliphatic carbocycles. The number of carbonyl (C=O) groups excluding carboxylic acids is 7. The zero-order chi connectivity index (χ0) is 31.9. The predicted molar refractivity (Wildman–Crippen MR) is 140 cm³/mol. The monoisotopic (exact) mass is 612 g/mol. The van der Waals surface area contributed by atoms with Gasteiger partial charge in [-0.15, -0.1) is 5.06 Å². The topological polar surface area (TPSA) is 243 Å². The third-order valence-corrected chi connectivity index (χ3v) is 6.54. The van der Waals surface area contributed by atoms with Crippen LogP contribution in [0.2, 0.25) is 0 Å². The first kappa shape index (κ1) is 34.6. The molecule has 17 nitrogen and oxygen atoms in total. The minimum atomic E-state index is -1.39. The maximum absolute atomic E-state index is 12.2. The molecule has 2 aliphatic heterocycles. The summed E-state index contributed by atoms with van der Waals surface area (Å²) in [5, 5.41) is 24.6. The summed E-state index contributed by atoms with van der Waals surface area (Å²) in [6, 6.07) is -2.70. The Morgan fingerprint density at radius 1 is 0.651 bits per heavy atom. The van der Waals surface area contributed by atoms with Crippen molar-refractivity contribution >= 4 is 53.4 Å². The van der Waals surface area contributed by atoms with Crippen LogP contribution in [0.25, 0.3) is 0 Å². The Labute approximate surface area is 246 Å². The predicted octanol–water partition coefficient (Wildman–Crippen LogP) is -0.286. The number of amides is 5. The smallest absolute Gasteiger partial charge is 0.333 e. The van der Waals surface area contributed by atoms with Crippen molar-refractivity contribution in [1.29, 1.82) is 0 Å². The first-order valence-electron chi connectivity index (χ1n) is 14.0. The number of nitrogens with one attached hydrogen (secondary N) is 2. The lowest BCUT2D eigenvalue weighted by Gasteiger charge is -2.17. The lowest BCUT2D eigenvalue weighted by atomic mass is 10.1. The van der Waals surface area contributed by atoms with Gasteiger partial charge in [0.2, 0.25) is 11.8 Å². The lowest BCUT2D eigenvalue weighted by molar-refractivity contribution is -0.197. The number of carbonyl (C=O) groups is 9. The minimum absolute atomic E-state index is 0.00845. The SMILES string of the molecule is O=C(CCCCCCC(=O)N[C@@H](CCC(=O)ON1C(=O)CCC1=O)C(=O)O)N[C@@H](CCC(=O)ON1CCCC1=O)C(=O)O. The molecule has 4 N–H and O–H groups in total. The van der Waals surface area contributed by atoms with Crippen molar-refractivity contribution in [1.82, 2.24) is 20.8 Å². The summed E-state index contributed by atoms with van der Waals surface area (Å²) in [7, 11) is 0. The fourth-order valence-electron chi connectivity index (χ4n) is 4.19. The van der Waals surface area contributed by atoms with E-state index in [1.807, 2.05) is 0 Å². The second kappa shape index (κ2) is 17.4. The van der Waals surface area contributed by atoms with Crippen molar-refractivity contribution in [2.24, 2.45) is 0 Å². The number of carboxylic acids is 2. The Morgan fingerprint density at radius 2 is 1.12 bits per heavy atom. The Bertz CT molecular complexity index is 1090. The Morgan fingerprint density at radius 3 is 1.53 bits per heavy atom. The van der Waals surface area contributed by atoms with E-state index >= 15 is 0 Å². The van der Waals surface area contributed by atoms with Crippen molar-refractivity contribution in [3.63, 3.8) is 0 Å². The van der Waals surface area contributed by atoms with Gasteiger partial charge in [-0.2, -0.15) is 5.06 Å². The zero-order valence-electron chi connectivity index (χ0n) is 23.5. The first-order valence-corrected chi connectivity index (χ1v) is 14.0. The van der Waals surface area contributed by atoms with Gasteiger partial charge in [0.25, 0.3) is 17.7 Å². The highest BCUT2D eigenvalue weighted by Gasteiger charge is 2.33. The van der Waals surface area contributed by atoms with Crippen LogP contribution >= 0.6 is 0 Å². The molecule has 0 bridgehead atoms. The molecular formula is C26H36N4O13. The first-order chi connectivity index (χ1) is 20.4. The van der Waals surface area contributed by atoms with E-state index in [4.69, 9.17) is 4.84 Å². The molecule has 43 heavy (non-hydrogen) atoms. The number of unbranched alkanes of at least 4 members (excludes halogenated alkanes) is 3. The van der Waals surface area contributed by atoms with Crippen molar-refractivity contribution in [2.45, 2.75) is 102 Å². The number of rotatable bonds is 19. The number of hydroxylamine groups is 4. The molecule has 0 aromatic heterocycles. The van der Waals surface area contributed by atoms with Gasteiger partial charge in [-0.25, -0.2) is 19.2 Å². The number of hydrogen-bond acceptors (Lipinski definition) is 11. The lowest BCUT2D eigenvalue weighted by Crippen LogP contribution is -2.41. The Kier molecular flexibility index (Phi) is 14.0. The highest BCUT2D eigenvalue weighted by molar-refractivity contribution is 6.01. The summed E-state index contributed by atoms with van der Waals surface area (Å²) in [5.41, 5.74) is 0. The fraction of sp³-hybridized carbons (Fsp3) is 0.654. The van der Waals surface area contributed by atoms with E-state index in [1.165, 1.54) is 0 Å². The molecule has 0 aromatic carbocycles. The van der Waals surface area contributed by atoms with Crippen LogP contribution < -0.4 is 10.6 Å². The second-order valence-electron chi connectivity index (χ2n) is 10.0. The van der Waals surface area contributed by atoms with Crippen LogP contribution in [-0.4, -0.2) is 92.4 Å². The Hall–Kier alpha value is -4.57. The van der Waals surface area contributed by atoms with Gasteiger partial charge in [-0.1, -0.05) is 12.8 Å². The molecule has 17 heteroatoms. The van der Waals surface area contributed by atoms with E-state index in [-0.39, 0.29) is 63.8 Å². The molecule has 2 atom stereocenters. The molecule has 0 radical (unpaired) electrons. The number of imide groups is 1. The van der Waals surface area contributed by atoms with E-state index in [9.17, 15) is 53.4 Å². The molecule has 0 aromatic rings. The summed E-state index contributed by atoms with van der Waals surface area (Å²) < 4.78 is 0. The molecule has 0 saturated carbocycles. The third-order valence-electron chi connectivity index (χ3n) is 6.54. The van der Waals surface area contributed by atoms with Crippen LogP contribution in [0.4, 0.5) is 0 Å². The van der Waals surface area contributed by atoms with Gasteiger partial charge < -0.3 is 30.5 Å². The molecular weight excluding hydrogens is 576 g/mol. The largest absolute Gasteiger partial charge is 0.480 e. The summed E-state index contributed by atoms with van der Waals surface area (Å²) in [6.07, 6.45) is 1.18. The summed E-state index contributed by atoms with van der Waals surface area (Å²) >= 11 is 0. The van der Waals surface area contributed by atoms with Crippen LogP contribution in [0.1, 0.15) is 89.9 Å². The summed E-state index contributed by atoms with van der Waals surface area (Å²) in [6.45, 7) is 0.282. The number of nitrogens with zero attached hydrogens (tertiary/aromatic N) is 2. The van der Waals surface area contributed by atoms with Crippen LogP contribution in [-0.2, 0) is 52.8 Å². The number of aliphatic carboxylic acids is 2. The van der Waals surface area contributed by atoms with E-state index in [0.717, 1.165) is 5.06 Å². The highest BCUT2D eigenvalue weighted by atomic mass is 16.7. The molecule has 238 valence electrons. The molecule has 2 aliphatic rings. The van der Waals surface area contributed by atoms with Crippen LogP contribution in [0.15, 0.2) is 0 Å². The molecule has 0 unspecified atom stereocenters. The van der Waals surface area contributed by atoms with Gasteiger partial charge in [0.1, 0.15) is 12.1 Å². The zero-order valence-corrected chi connectivity index (χ0v) is 23.5. The summed E-state index contributed by atoms with van der Waals surface area (Å²) in [5.74, 6) is -7.22. The van der Waals surface area contributed by atoms with Crippen LogP contribution in [0, 0.1) is 0 Å². The molecule has 0 spiro atoms. The normalized spacial score (nSPS) is 16.0. The molecule has 2 saturated heterocycles. The second-order valence-corrected chi connectivity index (χ2v) is 10.0. The number of hydrogen-bond donors (Lipinski definition) is 4. The molecule has 2 fully saturated rings. The van der Waals surface area contributed by atoms with Crippen LogP contribution in [0.5, 0.6) is 0 Å². The van der Waals surface area contributed by atoms with Crippen molar-refractivity contribution in [2.75, 3.05) is 6.54 Å². The van der Waals surface area contributed by atoms with Gasteiger partial charge in [0.15, 0.2) is 0 Å². The van der Waals surface area contributed by atoms with Gasteiger partial charge in [-0.3, -0.25) is 24.0 Å². The number of carboxylic acid groups (broad SMARTS) is 2. The Balaban J connectivity index is 1.59. The van der Waals surface area contributed by atoms with Gasteiger partial charge in [0.05, 0.1) is 19.4 Å².